The van der Waals surface area contributed by atoms with E-state index in [-0.39, 0.29) is 34.4 Å². The normalized spacial score (nSPS) is 22.0. The number of likely N-dealkylation sites (tertiary alicyclic amines) is 1. The second-order valence-corrected chi connectivity index (χ2v) is 5.64. The molecule has 1 aliphatic heterocycles. The Morgan fingerprint density at radius 3 is 2.71 bits per heavy atom. The minimum absolute atomic E-state index is 0.000439. The van der Waals surface area contributed by atoms with Crippen molar-refractivity contribution in [2.24, 2.45) is 5.92 Å². The molecular weight excluding hydrogens is 297 g/mol. The predicted molar refractivity (Wildman–Crippen MR) is 76.6 cm³/mol. The SMILES string of the molecule is COC(=O)[C@@H]1CC[C@H](C)N(C(=O)c2ccc(F)cc2Cl)C1. The molecule has 0 spiro atoms. The molecular formula is C15H17ClFNO3. The summed E-state index contributed by atoms with van der Waals surface area (Å²) in [6, 6.07) is 3.68. The average Bonchev–Trinajstić information content (AvgIpc) is 2.46. The van der Waals surface area contributed by atoms with Gasteiger partial charge in [-0.15, -0.1) is 0 Å². The zero-order valence-corrected chi connectivity index (χ0v) is 12.7. The zero-order valence-electron chi connectivity index (χ0n) is 11.9. The van der Waals surface area contributed by atoms with Gasteiger partial charge in [0, 0.05) is 12.6 Å². The number of nitrogens with zero attached hydrogens (tertiary/aromatic N) is 1. The Labute approximate surface area is 127 Å². The molecule has 1 fully saturated rings. The van der Waals surface area contributed by atoms with E-state index >= 15 is 0 Å². The van der Waals surface area contributed by atoms with Crippen LogP contribution in [-0.2, 0) is 9.53 Å². The highest BCUT2D eigenvalue weighted by Gasteiger charge is 2.34. The van der Waals surface area contributed by atoms with Crippen LogP contribution in [0.2, 0.25) is 5.02 Å². The van der Waals surface area contributed by atoms with Crippen LogP contribution in [-0.4, -0.2) is 36.5 Å². The Bertz CT molecular complexity index is 564. The van der Waals surface area contributed by atoms with E-state index in [1.807, 2.05) is 6.92 Å². The third-order valence-electron chi connectivity index (χ3n) is 3.84. The molecule has 2 rings (SSSR count). The van der Waals surface area contributed by atoms with Crippen molar-refractivity contribution >= 4 is 23.5 Å². The first-order valence-corrected chi connectivity index (χ1v) is 7.15. The van der Waals surface area contributed by atoms with Gasteiger partial charge in [0.2, 0.25) is 0 Å². The van der Waals surface area contributed by atoms with Crippen LogP contribution >= 0.6 is 11.6 Å². The van der Waals surface area contributed by atoms with Gasteiger partial charge in [0.25, 0.3) is 5.91 Å². The molecule has 0 radical (unpaired) electrons. The Morgan fingerprint density at radius 2 is 2.10 bits per heavy atom. The highest BCUT2D eigenvalue weighted by Crippen LogP contribution is 2.27. The summed E-state index contributed by atoms with van der Waals surface area (Å²) < 4.78 is 17.8. The standard InChI is InChI=1S/C15H17ClFNO3/c1-9-3-4-10(15(20)21-2)8-18(9)14(19)12-6-5-11(17)7-13(12)16/h5-7,9-10H,3-4,8H2,1-2H3/t9-,10+/m0/s1. The number of carbonyl (C=O) groups is 2. The lowest BCUT2D eigenvalue weighted by atomic mass is 9.93. The van der Waals surface area contributed by atoms with E-state index < -0.39 is 5.82 Å². The monoisotopic (exact) mass is 313 g/mol. The van der Waals surface area contributed by atoms with Crippen molar-refractivity contribution in [2.45, 2.75) is 25.8 Å². The van der Waals surface area contributed by atoms with Gasteiger partial charge in [0.1, 0.15) is 5.82 Å². The molecule has 0 aliphatic carbocycles. The third-order valence-corrected chi connectivity index (χ3v) is 4.15. The van der Waals surface area contributed by atoms with Gasteiger partial charge in [0.05, 0.1) is 23.6 Å². The van der Waals surface area contributed by atoms with Crippen LogP contribution in [0.5, 0.6) is 0 Å². The number of carbonyl (C=O) groups excluding carboxylic acids is 2. The first-order chi connectivity index (χ1) is 9.93. The Morgan fingerprint density at radius 1 is 1.38 bits per heavy atom. The van der Waals surface area contributed by atoms with Crippen molar-refractivity contribution in [3.05, 3.63) is 34.6 Å². The number of benzene rings is 1. The fraction of sp³-hybridized carbons (Fsp3) is 0.467. The second-order valence-electron chi connectivity index (χ2n) is 5.23. The largest absolute Gasteiger partial charge is 0.469 e. The lowest BCUT2D eigenvalue weighted by Crippen LogP contribution is -2.47. The summed E-state index contributed by atoms with van der Waals surface area (Å²) in [6.07, 6.45) is 1.40. The molecule has 0 unspecified atom stereocenters. The summed E-state index contributed by atoms with van der Waals surface area (Å²) in [5, 5.41) is 0.0763. The molecule has 0 saturated carbocycles. The molecule has 1 heterocycles. The number of methoxy groups -OCH3 is 1. The molecule has 1 aromatic rings. The zero-order chi connectivity index (χ0) is 15.6. The number of rotatable bonds is 2. The van der Waals surface area contributed by atoms with Gasteiger partial charge in [0.15, 0.2) is 0 Å². The molecule has 1 saturated heterocycles. The molecule has 114 valence electrons. The van der Waals surface area contributed by atoms with Gasteiger partial charge in [-0.05, 0) is 38.0 Å². The summed E-state index contributed by atoms with van der Waals surface area (Å²) in [5.74, 6) is -1.42. The quantitative estimate of drug-likeness (QED) is 0.789. The molecule has 1 aromatic carbocycles. The molecule has 0 N–H and O–H groups in total. The van der Waals surface area contributed by atoms with Crippen molar-refractivity contribution in [2.75, 3.05) is 13.7 Å². The van der Waals surface area contributed by atoms with E-state index in [0.717, 1.165) is 6.07 Å². The molecule has 4 nitrogen and oxygen atoms in total. The van der Waals surface area contributed by atoms with Crippen LogP contribution in [0.1, 0.15) is 30.1 Å². The smallest absolute Gasteiger partial charge is 0.310 e. The maximum atomic E-state index is 13.1. The van der Waals surface area contributed by atoms with E-state index in [1.165, 1.54) is 19.2 Å². The number of amides is 1. The van der Waals surface area contributed by atoms with Crippen molar-refractivity contribution in [1.82, 2.24) is 4.90 Å². The minimum Gasteiger partial charge on any atom is -0.469 e. The summed E-state index contributed by atoms with van der Waals surface area (Å²) >= 11 is 5.94. The molecule has 0 bridgehead atoms. The van der Waals surface area contributed by atoms with E-state index in [4.69, 9.17) is 16.3 Å². The summed E-state index contributed by atoms with van der Waals surface area (Å²) in [6.45, 7) is 2.21. The van der Waals surface area contributed by atoms with E-state index in [0.29, 0.717) is 19.4 Å². The van der Waals surface area contributed by atoms with Crippen molar-refractivity contribution in [3.63, 3.8) is 0 Å². The average molecular weight is 314 g/mol. The number of ether oxygens (including phenoxy) is 1. The van der Waals surface area contributed by atoms with Crippen molar-refractivity contribution in [1.29, 1.82) is 0 Å². The number of hydrogen-bond donors (Lipinski definition) is 0. The maximum Gasteiger partial charge on any atom is 0.310 e. The topological polar surface area (TPSA) is 46.6 Å². The highest BCUT2D eigenvalue weighted by atomic mass is 35.5. The lowest BCUT2D eigenvalue weighted by Gasteiger charge is -2.37. The predicted octanol–water partition coefficient (Wildman–Crippen LogP) is 2.89. The molecule has 21 heavy (non-hydrogen) atoms. The van der Waals surface area contributed by atoms with Crippen molar-refractivity contribution in [3.8, 4) is 0 Å². The fourth-order valence-electron chi connectivity index (χ4n) is 2.57. The molecule has 2 atom stereocenters. The van der Waals surface area contributed by atoms with E-state index in [9.17, 15) is 14.0 Å². The number of hydrogen-bond acceptors (Lipinski definition) is 3. The van der Waals surface area contributed by atoms with Gasteiger partial charge in [-0.2, -0.15) is 0 Å². The Kier molecular flexibility index (Phi) is 4.83. The minimum atomic E-state index is -0.490. The van der Waals surface area contributed by atoms with Gasteiger partial charge >= 0.3 is 5.97 Å². The maximum absolute atomic E-state index is 13.1. The summed E-state index contributed by atoms with van der Waals surface area (Å²) in [5.41, 5.74) is 0.246. The molecule has 6 heteroatoms. The Balaban J connectivity index is 2.21. The summed E-state index contributed by atoms with van der Waals surface area (Å²) in [7, 11) is 1.34. The highest BCUT2D eigenvalue weighted by molar-refractivity contribution is 6.33. The summed E-state index contributed by atoms with van der Waals surface area (Å²) in [4.78, 5) is 25.8. The van der Waals surface area contributed by atoms with Crippen LogP contribution in [0.4, 0.5) is 4.39 Å². The Hall–Kier alpha value is -1.62. The number of piperidine rings is 1. The van der Waals surface area contributed by atoms with E-state index in [2.05, 4.69) is 0 Å². The van der Waals surface area contributed by atoms with Gasteiger partial charge in [-0.25, -0.2) is 4.39 Å². The molecule has 1 amide bonds. The van der Waals surface area contributed by atoms with Crippen LogP contribution in [0, 0.1) is 11.7 Å². The van der Waals surface area contributed by atoms with Gasteiger partial charge < -0.3 is 9.64 Å². The van der Waals surface area contributed by atoms with Gasteiger partial charge in [-0.3, -0.25) is 9.59 Å². The van der Waals surface area contributed by atoms with Crippen LogP contribution in [0.15, 0.2) is 18.2 Å². The molecule has 1 aliphatic rings. The number of halogens is 2. The lowest BCUT2D eigenvalue weighted by molar-refractivity contribution is -0.147. The molecule has 0 aromatic heterocycles. The van der Waals surface area contributed by atoms with E-state index in [1.54, 1.807) is 4.90 Å². The van der Waals surface area contributed by atoms with Crippen LogP contribution in [0.3, 0.4) is 0 Å². The van der Waals surface area contributed by atoms with Crippen LogP contribution < -0.4 is 0 Å². The fourth-order valence-corrected chi connectivity index (χ4v) is 2.81. The second kappa shape index (κ2) is 6.43. The van der Waals surface area contributed by atoms with Crippen LogP contribution in [0.25, 0.3) is 0 Å². The third kappa shape index (κ3) is 3.35. The first kappa shape index (κ1) is 15.8. The number of esters is 1. The van der Waals surface area contributed by atoms with Gasteiger partial charge in [-0.1, -0.05) is 11.6 Å². The van der Waals surface area contributed by atoms with Crippen molar-refractivity contribution < 1.29 is 18.7 Å². The first-order valence-electron chi connectivity index (χ1n) is 6.78.